The second-order valence-corrected chi connectivity index (χ2v) is 5.77. The molecule has 3 amide bonds. The predicted octanol–water partition coefficient (Wildman–Crippen LogP) is 2.19. The Labute approximate surface area is 146 Å². The summed E-state index contributed by atoms with van der Waals surface area (Å²) in [5.41, 5.74) is 1.18. The molecule has 6 nitrogen and oxygen atoms in total. The van der Waals surface area contributed by atoms with Gasteiger partial charge in [-0.15, -0.1) is 0 Å². The number of nitrogens with one attached hydrogen (secondary N) is 3. The molecule has 0 saturated carbocycles. The van der Waals surface area contributed by atoms with Crippen LogP contribution in [0.5, 0.6) is 0 Å². The summed E-state index contributed by atoms with van der Waals surface area (Å²) in [5, 5.41) is 7.98. The summed E-state index contributed by atoms with van der Waals surface area (Å²) in [5.74, 6) is -1.00. The van der Waals surface area contributed by atoms with Crippen molar-refractivity contribution < 1.29 is 14.4 Å². The standard InChI is InChI=1S/C19H21N3O3/c1-13(2)21-17(23)12-20-19(25)15-10-6-7-11-16(15)22-18(24)14-8-4-3-5-9-14/h3-11,13H,12H2,1-2H3,(H,20,25)(H,21,23)(H,22,24). The Morgan fingerprint density at radius 3 is 2.20 bits per heavy atom. The molecule has 2 rings (SSSR count). The fourth-order valence-electron chi connectivity index (χ4n) is 2.20. The number of para-hydroxylation sites is 1. The number of anilines is 1. The van der Waals surface area contributed by atoms with Crippen LogP contribution in [0.3, 0.4) is 0 Å². The molecule has 6 heteroatoms. The van der Waals surface area contributed by atoms with Crippen molar-refractivity contribution >= 4 is 23.4 Å². The zero-order chi connectivity index (χ0) is 18.2. The van der Waals surface area contributed by atoms with Crippen molar-refractivity contribution in [1.29, 1.82) is 0 Å². The Morgan fingerprint density at radius 1 is 0.880 bits per heavy atom. The van der Waals surface area contributed by atoms with Gasteiger partial charge >= 0.3 is 0 Å². The summed E-state index contributed by atoms with van der Waals surface area (Å²) in [6.07, 6.45) is 0. The maximum atomic E-state index is 12.3. The minimum atomic E-state index is -0.428. The van der Waals surface area contributed by atoms with Crippen molar-refractivity contribution in [3.8, 4) is 0 Å². The van der Waals surface area contributed by atoms with Crippen molar-refractivity contribution in [3.05, 3.63) is 65.7 Å². The van der Waals surface area contributed by atoms with Crippen LogP contribution < -0.4 is 16.0 Å². The van der Waals surface area contributed by atoms with E-state index in [-0.39, 0.29) is 24.4 Å². The van der Waals surface area contributed by atoms with Gasteiger partial charge in [0, 0.05) is 11.6 Å². The second-order valence-electron chi connectivity index (χ2n) is 5.77. The third-order valence-corrected chi connectivity index (χ3v) is 3.32. The van der Waals surface area contributed by atoms with Gasteiger partial charge < -0.3 is 16.0 Å². The summed E-state index contributed by atoms with van der Waals surface area (Å²) < 4.78 is 0. The molecular formula is C19H21N3O3. The molecule has 0 spiro atoms. The molecule has 0 saturated heterocycles. The quantitative estimate of drug-likeness (QED) is 0.754. The molecule has 0 fully saturated rings. The van der Waals surface area contributed by atoms with Gasteiger partial charge in [-0.2, -0.15) is 0 Å². The summed E-state index contributed by atoms with van der Waals surface area (Å²) in [4.78, 5) is 36.2. The third kappa shape index (κ3) is 5.46. The number of hydrogen-bond acceptors (Lipinski definition) is 3. The first kappa shape index (κ1) is 18.2. The number of carbonyl (C=O) groups is 3. The van der Waals surface area contributed by atoms with Crippen LogP contribution in [0.4, 0.5) is 5.69 Å². The van der Waals surface area contributed by atoms with Gasteiger partial charge in [0.1, 0.15) is 0 Å². The number of amides is 3. The summed E-state index contributed by atoms with van der Waals surface area (Å²) >= 11 is 0. The van der Waals surface area contributed by atoms with Crippen LogP contribution in [-0.4, -0.2) is 30.3 Å². The average Bonchev–Trinajstić information content (AvgIpc) is 2.60. The Morgan fingerprint density at radius 2 is 1.52 bits per heavy atom. The van der Waals surface area contributed by atoms with Gasteiger partial charge in [0.15, 0.2) is 0 Å². The first-order valence-electron chi connectivity index (χ1n) is 8.00. The topological polar surface area (TPSA) is 87.3 Å². The Balaban J connectivity index is 2.06. The molecule has 0 aliphatic rings. The summed E-state index contributed by atoms with van der Waals surface area (Å²) in [7, 11) is 0. The largest absolute Gasteiger partial charge is 0.352 e. The highest BCUT2D eigenvalue weighted by Crippen LogP contribution is 2.16. The van der Waals surface area contributed by atoms with Crippen molar-refractivity contribution in [3.63, 3.8) is 0 Å². The van der Waals surface area contributed by atoms with Gasteiger partial charge in [0.2, 0.25) is 5.91 Å². The maximum Gasteiger partial charge on any atom is 0.255 e. The van der Waals surface area contributed by atoms with Gasteiger partial charge in [0.25, 0.3) is 11.8 Å². The molecule has 2 aromatic carbocycles. The van der Waals surface area contributed by atoms with E-state index in [4.69, 9.17) is 0 Å². The normalized spacial score (nSPS) is 10.2. The first-order valence-corrected chi connectivity index (χ1v) is 8.00. The molecule has 0 bridgehead atoms. The molecule has 0 heterocycles. The lowest BCUT2D eigenvalue weighted by Crippen LogP contribution is -2.40. The van der Waals surface area contributed by atoms with Crippen molar-refractivity contribution in [2.75, 3.05) is 11.9 Å². The number of carbonyl (C=O) groups excluding carboxylic acids is 3. The van der Waals surface area contributed by atoms with Crippen LogP contribution in [0.25, 0.3) is 0 Å². The van der Waals surface area contributed by atoms with Gasteiger partial charge in [-0.05, 0) is 38.1 Å². The molecule has 0 radical (unpaired) electrons. The van der Waals surface area contributed by atoms with E-state index in [9.17, 15) is 14.4 Å². The lowest BCUT2D eigenvalue weighted by atomic mass is 10.1. The van der Waals surface area contributed by atoms with E-state index >= 15 is 0 Å². The van der Waals surface area contributed by atoms with Gasteiger partial charge in [0.05, 0.1) is 17.8 Å². The van der Waals surface area contributed by atoms with E-state index in [0.29, 0.717) is 16.8 Å². The van der Waals surface area contributed by atoms with Crippen molar-refractivity contribution in [2.24, 2.45) is 0 Å². The fraction of sp³-hybridized carbons (Fsp3) is 0.211. The molecule has 130 valence electrons. The van der Waals surface area contributed by atoms with E-state index in [1.807, 2.05) is 19.9 Å². The van der Waals surface area contributed by atoms with E-state index in [1.54, 1.807) is 48.5 Å². The average molecular weight is 339 g/mol. The Bertz CT molecular complexity index is 758. The molecule has 0 aromatic heterocycles. The van der Waals surface area contributed by atoms with Crippen molar-refractivity contribution in [2.45, 2.75) is 19.9 Å². The van der Waals surface area contributed by atoms with Crippen molar-refractivity contribution in [1.82, 2.24) is 10.6 Å². The maximum absolute atomic E-state index is 12.3. The highest BCUT2D eigenvalue weighted by atomic mass is 16.2. The summed E-state index contributed by atoms with van der Waals surface area (Å²) in [6.45, 7) is 3.56. The van der Waals surface area contributed by atoms with Gasteiger partial charge in [-0.25, -0.2) is 0 Å². The molecule has 0 unspecified atom stereocenters. The van der Waals surface area contributed by atoms with Gasteiger partial charge in [-0.3, -0.25) is 14.4 Å². The third-order valence-electron chi connectivity index (χ3n) is 3.32. The summed E-state index contributed by atoms with van der Waals surface area (Å²) in [6, 6.07) is 15.4. The Kier molecular flexibility index (Phi) is 6.28. The van der Waals surface area contributed by atoms with Crippen LogP contribution in [0.1, 0.15) is 34.6 Å². The Hall–Kier alpha value is -3.15. The molecule has 0 aliphatic heterocycles. The van der Waals surface area contributed by atoms with Crippen LogP contribution >= 0.6 is 0 Å². The zero-order valence-corrected chi connectivity index (χ0v) is 14.2. The van der Waals surface area contributed by atoms with Crippen LogP contribution in [0.15, 0.2) is 54.6 Å². The van der Waals surface area contributed by atoms with E-state index in [1.165, 1.54) is 0 Å². The van der Waals surface area contributed by atoms with E-state index in [0.717, 1.165) is 0 Å². The predicted molar refractivity (Wildman–Crippen MR) is 96.4 cm³/mol. The minimum absolute atomic E-state index is 0.00171. The molecule has 3 N–H and O–H groups in total. The van der Waals surface area contributed by atoms with E-state index in [2.05, 4.69) is 16.0 Å². The molecule has 2 aromatic rings. The molecule has 25 heavy (non-hydrogen) atoms. The smallest absolute Gasteiger partial charge is 0.255 e. The minimum Gasteiger partial charge on any atom is -0.352 e. The zero-order valence-electron chi connectivity index (χ0n) is 14.2. The van der Waals surface area contributed by atoms with Crippen LogP contribution in [0, 0.1) is 0 Å². The lowest BCUT2D eigenvalue weighted by Gasteiger charge is -2.12. The number of benzene rings is 2. The number of rotatable bonds is 6. The fourth-order valence-corrected chi connectivity index (χ4v) is 2.20. The molecular weight excluding hydrogens is 318 g/mol. The molecule has 0 atom stereocenters. The SMILES string of the molecule is CC(C)NC(=O)CNC(=O)c1ccccc1NC(=O)c1ccccc1. The first-order chi connectivity index (χ1) is 12.0. The van der Waals surface area contributed by atoms with Crippen LogP contribution in [0.2, 0.25) is 0 Å². The lowest BCUT2D eigenvalue weighted by molar-refractivity contribution is -0.120. The number of hydrogen-bond donors (Lipinski definition) is 3. The van der Waals surface area contributed by atoms with Gasteiger partial charge in [-0.1, -0.05) is 30.3 Å². The monoisotopic (exact) mass is 339 g/mol. The highest BCUT2D eigenvalue weighted by molar-refractivity contribution is 6.09. The highest BCUT2D eigenvalue weighted by Gasteiger charge is 2.15. The molecule has 0 aliphatic carbocycles. The van der Waals surface area contributed by atoms with Crippen LogP contribution in [-0.2, 0) is 4.79 Å². The van der Waals surface area contributed by atoms with E-state index < -0.39 is 5.91 Å². The second kappa shape index (κ2) is 8.63.